The summed E-state index contributed by atoms with van der Waals surface area (Å²) in [5.41, 5.74) is 0. The molecule has 1 saturated heterocycles. The van der Waals surface area contributed by atoms with Crippen LogP contribution in [0.1, 0.15) is 6.92 Å². The maximum Gasteiger partial charge on any atom is 0.191 e. The predicted octanol–water partition coefficient (Wildman–Crippen LogP) is 1.09. The average Bonchev–Trinajstić information content (AvgIpc) is 2.57. The summed E-state index contributed by atoms with van der Waals surface area (Å²) in [4.78, 5) is 6.46. The molecule has 1 aliphatic rings. The molecule has 24 heavy (non-hydrogen) atoms. The van der Waals surface area contributed by atoms with E-state index >= 15 is 0 Å². The molecule has 0 radical (unpaired) electrons. The van der Waals surface area contributed by atoms with Crippen molar-refractivity contribution in [2.45, 2.75) is 19.1 Å². The lowest BCUT2D eigenvalue weighted by Gasteiger charge is -2.30. The van der Waals surface area contributed by atoms with Gasteiger partial charge in [-0.05, 0) is 38.2 Å². The van der Waals surface area contributed by atoms with Crippen LogP contribution < -0.4 is 15.4 Å². The highest BCUT2D eigenvalue weighted by Gasteiger charge is 2.17. The van der Waals surface area contributed by atoms with Gasteiger partial charge in [-0.25, -0.2) is 4.39 Å². The molecule has 1 aromatic carbocycles. The fourth-order valence-electron chi connectivity index (χ4n) is 2.45. The molecule has 6 nitrogen and oxygen atoms in total. The number of nitrogens with one attached hydrogen (secondary N) is 2. The van der Waals surface area contributed by atoms with E-state index in [1.54, 1.807) is 19.2 Å². The summed E-state index contributed by atoms with van der Waals surface area (Å²) in [5, 5.41) is 6.49. The van der Waals surface area contributed by atoms with E-state index in [-0.39, 0.29) is 18.0 Å². The molecule has 7 heteroatoms. The first-order chi connectivity index (χ1) is 11.6. The van der Waals surface area contributed by atoms with Crippen LogP contribution in [-0.2, 0) is 4.74 Å². The van der Waals surface area contributed by atoms with Gasteiger partial charge in [0.25, 0.3) is 0 Å². The van der Waals surface area contributed by atoms with Gasteiger partial charge in [-0.15, -0.1) is 0 Å². The van der Waals surface area contributed by atoms with Gasteiger partial charge < -0.3 is 25.0 Å². The Morgan fingerprint density at radius 2 is 2.17 bits per heavy atom. The number of morpholine rings is 1. The second-order valence-electron chi connectivity index (χ2n) is 5.97. The first-order valence-electron chi connectivity index (χ1n) is 8.23. The summed E-state index contributed by atoms with van der Waals surface area (Å²) in [6.07, 6.45) is 0.0845. The summed E-state index contributed by atoms with van der Waals surface area (Å²) < 4.78 is 24.3. The van der Waals surface area contributed by atoms with Crippen LogP contribution in [0.2, 0.25) is 0 Å². The molecule has 1 fully saturated rings. The third-order valence-corrected chi connectivity index (χ3v) is 3.77. The quantitative estimate of drug-likeness (QED) is 0.601. The molecular weight excluding hydrogens is 311 g/mol. The summed E-state index contributed by atoms with van der Waals surface area (Å²) in [6, 6.07) is 6.01. The summed E-state index contributed by atoms with van der Waals surface area (Å²) in [6.45, 7) is 5.88. The minimum absolute atomic E-state index is 0.0777. The zero-order valence-electron chi connectivity index (χ0n) is 14.6. The Kier molecular flexibility index (Phi) is 7.27. The van der Waals surface area contributed by atoms with Gasteiger partial charge in [0, 0.05) is 26.7 Å². The summed E-state index contributed by atoms with van der Waals surface area (Å²) in [5.74, 6) is 1.09. The topological polar surface area (TPSA) is 58.1 Å². The minimum Gasteiger partial charge on any atom is -0.489 e. The third kappa shape index (κ3) is 6.33. The van der Waals surface area contributed by atoms with E-state index < -0.39 is 0 Å². The molecular formula is C17H27FN4O2. The van der Waals surface area contributed by atoms with E-state index in [9.17, 15) is 4.39 Å². The van der Waals surface area contributed by atoms with Gasteiger partial charge >= 0.3 is 0 Å². The van der Waals surface area contributed by atoms with Crippen LogP contribution in [-0.4, -0.2) is 69.9 Å². The molecule has 0 aromatic heterocycles. The number of halogens is 1. The van der Waals surface area contributed by atoms with Crippen molar-refractivity contribution >= 4 is 5.96 Å². The van der Waals surface area contributed by atoms with Crippen LogP contribution >= 0.6 is 0 Å². The molecule has 0 amide bonds. The van der Waals surface area contributed by atoms with E-state index in [2.05, 4.69) is 27.6 Å². The van der Waals surface area contributed by atoms with Gasteiger partial charge in [0.15, 0.2) is 5.96 Å². The smallest absolute Gasteiger partial charge is 0.191 e. The number of likely N-dealkylation sites (N-methyl/N-ethyl adjacent to an activating group) is 1. The number of aliphatic imine (C=N–C) groups is 1. The minimum atomic E-state index is -0.270. The van der Waals surface area contributed by atoms with Crippen LogP contribution in [0.15, 0.2) is 29.3 Å². The Morgan fingerprint density at radius 1 is 1.42 bits per heavy atom. The molecule has 0 spiro atoms. The van der Waals surface area contributed by atoms with E-state index in [0.29, 0.717) is 24.8 Å². The van der Waals surface area contributed by atoms with Gasteiger partial charge in [-0.2, -0.15) is 0 Å². The number of guanidine groups is 1. The Morgan fingerprint density at radius 3 is 2.83 bits per heavy atom. The van der Waals surface area contributed by atoms with Gasteiger partial charge in [0.05, 0.1) is 19.3 Å². The number of hydrogen-bond donors (Lipinski definition) is 2. The fraction of sp³-hybridized carbons (Fsp3) is 0.588. The molecule has 0 saturated carbocycles. The summed E-state index contributed by atoms with van der Waals surface area (Å²) >= 11 is 0. The van der Waals surface area contributed by atoms with Crippen LogP contribution in [0.4, 0.5) is 4.39 Å². The normalized spacial score (nSPS) is 20.5. The van der Waals surface area contributed by atoms with Crippen molar-refractivity contribution in [1.29, 1.82) is 0 Å². The molecule has 0 aliphatic carbocycles. The van der Waals surface area contributed by atoms with Crippen LogP contribution in [0.25, 0.3) is 0 Å². The van der Waals surface area contributed by atoms with Gasteiger partial charge in [-0.3, -0.25) is 4.99 Å². The lowest BCUT2D eigenvalue weighted by molar-refractivity contribution is -0.0161. The average molecular weight is 338 g/mol. The van der Waals surface area contributed by atoms with Crippen molar-refractivity contribution in [2.24, 2.45) is 4.99 Å². The molecule has 1 heterocycles. The Hall–Kier alpha value is -1.86. The van der Waals surface area contributed by atoms with Crippen molar-refractivity contribution < 1.29 is 13.9 Å². The zero-order valence-corrected chi connectivity index (χ0v) is 14.6. The first kappa shape index (κ1) is 18.5. The van der Waals surface area contributed by atoms with E-state index in [1.165, 1.54) is 12.1 Å². The van der Waals surface area contributed by atoms with Crippen molar-refractivity contribution in [3.8, 4) is 5.75 Å². The van der Waals surface area contributed by atoms with Crippen LogP contribution in [0.5, 0.6) is 5.75 Å². The molecule has 134 valence electrons. The van der Waals surface area contributed by atoms with Gasteiger partial charge in [0.2, 0.25) is 0 Å². The first-order valence-corrected chi connectivity index (χ1v) is 8.23. The van der Waals surface area contributed by atoms with Crippen LogP contribution in [0.3, 0.4) is 0 Å². The van der Waals surface area contributed by atoms with Crippen molar-refractivity contribution in [3.05, 3.63) is 30.1 Å². The van der Waals surface area contributed by atoms with E-state index in [1.807, 2.05) is 6.92 Å². The largest absolute Gasteiger partial charge is 0.489 e. The number of ether oxygens (including phenoxy) is 2. The Bertz CT molecular complexity index is 524. The van der Waals surface area contributed by atoms with E-state index in [4.69, 9.17) is 9.47 Å². The van der Waals surface area contributed by atoms with Crippen molar-refractivity contribution in [1.82, 2.24) is 15.5 Å². The molecule has 2 rings (SSSR count). The zero-order chi connectivity index (χ0) is 17.4. The number of rotatable bonds is 6. The highest BCUT2D eigenvalue weighted by Crippen LogP contribution is 2.12. The number of benzene rings is 1. The molecule has 2 unspecified atom stereocenters. The van der Waals surface area contributed by atoms with E-state index in [0.717, 1.165) is 19.7 Å². The van der Waals surface area contributed by atoms with Crippen molar-refractivity contribution in [2.75, 3.05) is 46.9 Å². The Labute approximate surface area is 143 Å². The van der Waals surface area contributed by atoms with Gasteiger partial charge in [0.1, 0.15) is 17.7 Å². The van der Waals surface area contributed by atoms with Crippen molar-refractivity contribution in [3.63, 3.8) is 0 Å². The predicted molar refractivity (Wildman–Crippen MR) is 93.1 cm³/mol. The molecule has 2 N–H and O–H groups in total. The molecule has 1 aliphatic heterocycles. The molecule has 0 bridgehead atoms. The van der Waals surface area contributed by atoms with Crippen LogP contribution in [0, 0.1) is 5.82 Å². The highest BCUT2D eigenvalue weighted by atomic mass is 19.1. The van der Waals surface area contributed by atoms with Gasteiger partial charge in [-0.1, -0.05) is 0 Å². The lowest BCUT2D eigenvalue weighted by atomic mass is 10.3. The molecule has 1 aromatic rings. The maximum atomic E-state index is 12.9. The number of hydrogen-bond acceptors (Lipinski definition) is 4. The maximum absolute atomic E-state index is 12.9. The monoisotopic (exact) mass is 338 g/mol. The summed E-state index contributed by atoms with van der Waals surface area (Å²) in [7, 11) is 3.83. The fourth-order valence-corrected chi connectivity index (χ4v) is 2.45. The molecule has 2 atom stereocenters. The standard InChI is InChI=1S/C17H27FN4O2/c1-13(24-15-6-4-14(18)5-7-15)10-20-17(19-2)21-11-16-12-22(3)8-9-23-16/h4-7,13,16H,8-12H2,1-3H3,(H2,19,20,21). The Balaban J connectivity index is 1.69. The SMILES string of the molecule is CN=C(NCC(C)Oc1ccc(F)cc1)NCC1CN(C)CCO1. The number of nitrogens with zero attached hydrogens (tertiary/aromatic N) is 2. The highest BCUT2D eigenvalue weighted by molar-refractivity contribution is 5.79. The third-order valence-electron chi connectivity index (χ3n) is 3.77. The second-order valence-corrected chi connectivity index (χ2v) is 5.97. The lowest BCUT2D eigenvalue weighted by Crippen LogP contribution is -2.49. The second kappa shape index (κ2) is 9.44.